The van der Waals surface area contributed by atoms with E-state index in [0.717, 1.165) is 4.90 Å². The molecule has 1 atom stereocenters. The maximum Gasteiger partial charge on any atom is 0.268 e. The number of fused-ring (bicyclic) bond motifs is 1. The van der Waals surface area contributed by atoms with Crippen molar-refractivity contribution in [3.63, 3.8) is 0 Å². The summed E-state index contributed by atoms with van der Waals surface area (Å²) in [5, 5.41) is 9.03. The maximum absolute atomic E-state index is 13.6. The van der Waals surface area contributed by atoms with Crippen molar-refractivity contribution in [3.8, 4) is 28.7 Å². The van der Waals surface area contributed by atoms with Crippen molar-refractivity contribution in [2.75, 3.05) is 13.3 Å². The molecular formula is C21H17F2N3O4. The molecule has 2 aliphatic heterocycles. The molecule has 4 rings (SSSR count). The quantitative estimate of drug-likeness (QED) is 0.699. The number of benzene rings is 1. The van der Waals surface area contributed by atoms with Crippen LogP contribution in [0.25, 0.3) is 11.1 Å². The van der Waals surface area contributed by atoms with Crippen molar-refractivity contribution < 1.29 is 27.8 Å². The van der Waals surface area contributed by atoms with Crippen LogP contribution in [0.5, 0.6) is 11.5 Å². The summed E-state index contributed by atoms with van der Waals surface area (Å²) >= 11 is 0. The van der Waals surface area contributed by atoms with Gasteiger partial charge in [0, 0.05) is 42.8 Å². The van der Waals surface area contributed by atoms with Crippen LogP contribution in [0, 0.1) is 11.3 Å². The standard InChI is InChI=1S/C21H17F2N3O4/c22-21(23)8-14(9-24)26(11-21)20(28)4-2-17(27)15-5-6-25-10-16(15)13-1-3-18-19(7-13)30-12-29-18/h1,3,5-7,10,14H,2,4,8,11-12H2/t14-/m0/s1. The molecule has 9 heteroatoms. The Morgan fingerprint density at radius 1 is 1.23 bits per heavy atom. The average Bonchev–Trinajstić information content (AvgIpc) is 3.34. The van der Waals surface area contributed by atoms with E-state index in [1.165, 1.54) is 6.20 Å². The van der Waals surface area contributed by atoms with Gasteiger partial charge in [0.05, 0.1) is 12.6 Å². The summed E-state index contributed by atoms with van der Waals surface area (Å²) in [6, 6.07) is 7.36. The van der Waals surface area contributed by atoms with Crippen LogP contribution in [0.2, 0.25) is 0 Å². The van der Waals surface area contributed by atoms with E-state index < -0.39 is 30.8 Å². The third-order valence-corrected chi connectivity index (χ3v) is 5.11. The van der Waals surface area contributed by atoms with Gasteiger partial charge in [0.15, 0.2) is 17.3 Å². The van der Waals surface area contributed by atoms with Gasteiger partial charge in [0.2, 0.25) is 12.7 Å². The maximum atomic E-state index is 13.6. The number of carbonyl (C=O) groups excluding carboxylic acids is 2. The molecule has 2 aliphatic rings. The van der Waals surface area contributed by atoms with Crippen LogP contribution >= 0.6 is 0 Å². The van der Waals surface area contributed by atoms with Crippen molar-refractivity contribution in [1.29, 1.82) is 5.26 Å². The highest BCUT2D eigenvalue weighted by molar-refractivity contribution is 6.03. The van der Waals surface area contributed by atoms with Gasteiger partial charge in [-0.2, -0.15) is 5.26 Å². The highest BCUT2D eigenvalue weighted by Crippen LogP contribution is 2.37. The first-order valence-electron chi connectivity index (χ1n) is 9.32. The Labute approximate surface area is 170 Å². The predicted octanol–water partition coefficient (Wildman–Crippen LogP) is 3.20. The Bertz CT molecular complexity index is 1050. The molecule has 1 fully saturated rings. The second-order valence-corrected chi connectivity index (χ2v) is 7.14. The molecule has 0 unspecified atom stereocenters. The third kappa shape index (κ3) is 3.81. The fraction of sp³-hybridized carbons (Fsp3) is 0.333. The first kappa shape index (κ1) is 19.8. The van der Waals surface area contributed by atoms with E-state index in [2.05, 4.69) is 4.98 Å². The van der Waals surface area contributed by atoms with Gasteiger partial charge in [0.25, 0.3) is 5.92 Å². The number of likely N-dealkylation sites (tertiary alicyclic amines) is 1. The summed E-state index contributed by atoms with van der Waals surface area (Å²) in [4.78, 5) is 30.1. The monoisotopic (exact) mass is 413 g/mol. The molecule has 0 N–H and O–H groups in total. The van der Waals surface area contributed by atoms with E-state index in [1.807, 2.05) is 0 Å². The zero-order valence-electron chi connectivity index (χ0n) is 15.8. The number of alkyl halides is 2. The average molecular weight is 413 g/mol. The Balaban J connectivity index is 1.49. The minimum absolute atomic E-state index is 0.124. The molecule has 154 valence electrons. The van der Waals surface area contributed by atoms with Gasteiger partial charge in [-0.1, -0.05) is 6.07 Å². The molecule has 0 radical (unpaired) electrons. The van der Waals surface area contributed by atoms with Gasteiger partial charge in [-0.05, 0) is 23.8 Å². The van der Waals surface area contributed by atoms with Gasteiger partial charge in [-0.15, -0.1) is 0 Å². The van der Waals surface area contributed by atoms with Crippen LogP contribution in [-0.2, 0) is 4.79 Å². The lowest BCUT2D eigenvalue weighted by Crippen LogP contribution is -2.36. The molecule has 0 saturated carbocycles. The number of amides is 1. The SMILES string of the molecule is N#C[C@@H]1CC(F)(F)CN1C(=O)CCC(=O)c1ccncc1-c1ccc2c(c1)OCO2. The molecule has 2 aromatic rings. The topological polar surface area (TPSA) is 92.5 Å². The Kier molecular flexibility index (Phi) is 5.08. The number of carbonyl (C=O) groups is 2. The molecule has 30 heavy (non-hydrogen) atoms. The summed E-state index contributed by atoms with van der Waals surface area (Å²) in [6.45, 7) is -0.672. The predicted molar refractivity (Wildman–Crippen MR) is 100 cm³/mol. The largest absolute Gasteiger partial charge is 0.454 e. The summed E-state index contributed by atoms with van der Waals surface area (Å²) in [5.74, 6) is -2.88. The first-order chi connectivity index (χ1) is 14.4. The van der Waals surface area contributed by atoms with E-state index in [1.54, 1.807) is 36.5 Å². The normalized spacial score (nSPS) is 18.8. The molecule has 1 amide bonds. The van der Waals surface area contributed by atoms with Crippen LogP contribution < -0.4 is 9.47 Å². The fourth-order valence-corrected chi connectivity index (χ4v) is 3.62. The van der Waals surface area contributed by atoms with Crippen molar-refractivity contribution >= 4 is 11.7 Å². The lowest BCUT2D eigenvalue weighted by Gasteiger charge is -2.19. The van der Waals surface area contributed by atoms with Crippen molar-refractivity contribution in [3.05, 3.63) is 42.2 Å². The number of nitrogens with zero attached hydrogens (tertiary/aromatic N) is 3. The van der Waals surface area contributed by atoms with Gasteiger partial charge < -0.3 is 14.4 Å². The second-order valence-electron chi connectivity index (χ2n) is 7.14. The summed E-state index contributed by atoms with van der Waals surface area (Å²) < 4.78 is 37.8. The Hall–Kier alpha value is -3.54. The molecule has 7 nitrogen and oxygen atoms in total. The number of ketones is 1. The number of aromatic nitrogens is 1. The number of halogens is 2. The highest BCUT2D eigenvalue weighted by Gasteiger charge is 2.47. The number of nitriles is 1. The van der Waals surface area contributed by atoms with Gasteiger partial charge >= 0.3 is 0 Å². The van der Waals surface area contributed by atoms with E-state index in [-0.39, 0.29) is 25.4 Å². The molecule has 0 aliphatic carbocycles. The molecule has 1 aromatic carbocycles. The lowest BCUT2D eigenvalue weighted by molar-refractivity contribution is -0.132. The zero-order chi connectivity index (χ0) is 21.3. The van der Waals surface area contributed by atoms with E-state index in [9.17, 15) is 18.4 Å². The summed E-state index contributed by atoms with van der Waals surface area (Å²) in [5.41, 5.74) is 1.63. The Morgan fingerprint density at radius 2 is 2.03 bits per heavy atom. The summed E-state index contributed by atoms with van der Waals surface area (Å²) in [6.07, 6.45) is 1.91. The molecule has 1 aromatic heterocycles. The van der Waals surface area contributed by atoms with Crippen molar-refractivity contribution in [2.45, 2.75) is 31.2 Å². The minimum atomic E-state index is -3.09. The van der Waals surface area contributed by atoms with Crippen LogP contribution in [0.3, 0.4) is 0 Å². The third-order valence-electron chi connectivity index (χ3n) is 5.11. The lowest BCUT2D eigenvalue weighted by atomic mass is 9.97. The van der Waals surface area contributed by atoms with Crippen LogP contribution in [0.4, 0.5) is 8.78 Å². The number of rotatable bonds is 5. The van der Waals surface area contributed by atoms with Crippen LogP contribution in [-0.4, -0.2) is 46.9 Å². The van der Waals surface area contributed by atoms with Crippen LogP contribution in [0.1, 0.15) is 29.6 Å². The zero-order valence-corrected chi connectivity index (χ0v) is 15.8. The highest BCUT2D eigenvalue weighted by atomic mass is 19.3. The molecule has 3 heterocycles. The van der Waals surface area contributed by atoms with Gasteiger partial charge in [0.1, 0.15) is 6.04 Å². The van der Waals surface area contributed by atoms with Crippen molar-refractivity contribution in [2.24, 2.45) is 0 Å². The van der Waals surface area contributed by atoms with Gasteiger partial charge in [-0.25, -0.2) is 8.78 Å². The number of ether oxygens (including phenoxy) is 2. The van der Waals surface area contributed by atoms with Gasteiger partial charge in [-0.3, -0.25) is 14.6 Å². The smallest absolute Gasteiger partial charge is 0.268 e. The van der Waals surface area contributed by atoms with E-state index in [0.29, 0.717) is 28.2 Å². The number of pyridine rings is 1. The minimum Gasteiger partial charge on any atom is -0.454 e. The van der Waals surface area contributed by atoms with Crippen molar-refractivity contribution in [1.82, 2.24) is 9.88 Å². The van der Waals surface area contributed by atoms with E-state index >= 15 is 0 Å². The van der Waals surface area contributed by atoms with E-state index in [4.69, 9.17) is 14.7 Å². The fourth-order valence-electron chi connectivity index (χ4n) is 3.62. The number of hydrogen-bond donors (Lipinski definition) is 0. The van der Waals surface area contributed by atoms with Crippen LogP contribution in [0.15, 0.2) is 36.7 Å². The molecule has 0 spiro atoms. The molecule has 0 bridgehead atoms. The number of hydrogen-bond acceptors (Lipinski definition) is 6. The molecular weight excluding hydrogens is 396 g/mol. The first-order valence-corrected chi connectivity index (χ1v) is 9.32. The number of Topliss-reactive ketones (excluding diaryl/α,β-unsaturated/α-hetero) is 1. The molecule has 1 saturated heterocycles. The second kappa shape index (κ2) is 7.71. The summed E-state index contributed by atoms with van der Waals surface area (Å²) in [7, 11) is 0. The Morgan fingerprint density at radius 3 is 2.83 bits per heavy atom.